The van der Waals surface area contributed by atoms with E-state index >= 15 is 0 Å². The Morgan fingerprint density at radius 3 is 3.11 bits per heavy atom. The Bertz CT molecular complexity index is 345. The third-order valence-corrected chi connectivity index (χ3v) is 4.18. The molecule has 1 saturated carbocycles. The number of nitrogens with one attached hydrogen (secondary N) is 1. The lowest BCUT2D eigenvalue weighted by Gasteiger charge is -2.26. The van der Waals surface area contributed by atoms with E-state index in [4.69, 9.17) is 0 Å². The van der Waals surface area contributed by atoms with E-state index in [1.807, 2.05) is 6.20 Å². The Morgan fingerprint density at radius 2 is 2.33 bits per heavy atom. The summed E-state index contributed by atoms with van der Waals surface area (Å²) in [4.78, 5) is 0. The van der Waals surface area contributed by atoms with Gasteiger partial charge in [-0.1, -0.05) is 26.2 Å². The number of rotatable bonds is 6. The Balaban J connectivity index is 1.64. The van der Waals surface area contributed by atoms with Crippen LogP contribution < -0.4 is 5.32 Å². The van der Waals surface area contributed by atoms with Crippen molar-refractivity contribution in [2.24, 2.45) is 11.8 Å². The van der Waals surface area contributed by atoms with Crippen LogP contribution in [0, 0.1) is 11.8 Å². The van der Waals surface area contributed by atoms with E-state index in [9.17, 15) is 0 Å². The lowest BCUT2D eigenvalue weighted by Crippen LogP contribution is -2.22. The van der Waals surface area contributed by atoms with Gasteiger partial charge in [0.1, 0.15) is 0 Å². The van der Waals surface area contributed by atoms with Crippen LogP contribution in [0.25, 0.3) is 0 Å². The van der Waals surface area contributed by atoms with E-state index in [-0.39, 0.29) is 0 Å². The fraction of sp³-hybridized carbons (Fsp3) is 0.800. The van der Waals surface area contributed by atoms with Gasteiger partial charge in [0.2, 0.25) is 0 Å². The lowest BCUT2D eigenvalue weighted by atomic mass is 9.81. The SMILES string of the molecule is CCn1nccc1CNCCC1CCCC(C)C1. The van der Waals surface area contributed by atoms with Crippen LogP contribution in [0.15, 0.2) is 12.3 Å². The summed E-state index contributed by atoms with van der Waals surface area (Å²) in [5, 5.41) is 7.85. The first-order valence-corrected chi connectivity index (χ1v) is 7.51. The average molecular weight is 249 g/mol. The van der Waals surface area contributed by atoms with Gasteiger partial charge in [-0.25, -0.2) is 0 Å². The highest BCUT2D eigenvalue weighted by Gasteiger charge is 2.18. The fourth-order valence-electron chi connectivity index (χ4n) is 3.14. The van der Waals surface area contributed by atoms with Crippen LogP contribution in [0.4, 0.5) is 0 Å². The Labute approximate surface area is 111 Å². The average Bonchev–Trinajstić information content (AvgIpc) is 2.82. The summed E-state index contributed by atoms with van der Waals surface area (Å²) in [6, 6.07) is 2.11. The van der Waals surface area contributed by atoms with Crippen molar-refractivity contribution in [2.45, 2.75) is 59.0 Å². The van der Waals surface area contributed by atoms with E-state index < -0.39 is 0 Å². The number of hydrogen-bond acceptors (Lipinski definition) is 2. The van der Waals surface area contributed by atoms with Gasteiger partial charge in [-0.15, -0.1) is 0 Å². The second-order valence-corrected chi connectivity index (χ2v) is 5.74. The quantitative estimate of drug-likeness (QED) is 0.785. The minimum Gasteiger partial charge on any atom is -0.311 e. The summed E-state index contributed by atoms with van der Waals surface area (Å²) in [6.45, 7) is 7.60. The van der Waals surface area contributed by atoms with Crippen molar-refractivity contribution in [3.63, 3.8) is 0 Å². The molecule has 1 N–H and O–H groups in total. The molecule has 1 aromatic heterocycles. The highest BCUT2D eigenvalue weighted by atomic mass is 15.3. The Kier molecular flexibility index (Phi) is 5.24. The van der Waals surface area contributed by atoms with Crippen LogP contribution in [0.5, 0.6) is 0 Å². The van der Waals surface area contributed by atoms with Gasteiger partial charge in [0.25, 0.3) is 0 Å². The van der Waals surface area contributed by atoms with Crippen LogP contribution in [-0.4, -0.2) is 16.3 Å². The van der Waals surface area contributed by atoms with Crippen molar-refractivity contribution in [3.05, 3.63) is 18.0 Å². The maximum absolute atomic E-state index is 4.29. The summed E-state index contributed by atoms with van der Waals surface area (Å²) >= 11 is 0. The molecule has 0 aliphatic heterocycles. The second-order valence-electron chi connectivity index (χ2n) is 5.74. The molecule has 2 atom stereocenters. The van der Waals surface area contributed by atoms with Gasteiger partial charge in [-0.3, -0.25) is 4.68 Å². The number of hydrogen-bond donors (Lipinski definition) is 1. The van der Waals surface area contributed by atoms with E-state index in [2.05, 4.69) is 35.0 Å². The molecule has 1 aliphatic carbocycles. The molecular formula is C15H27N3. The molecule has 0 saturated heterocycles. The molecule has 102 valence electrons. The molecule has 0 spiro atoms. The van der Waals surface area contributed by atoms with E-state index in [0.29, 0.717) is 0 Å². The van der Waals surface area contributed by atoms with Crippen molar-refractivity contribution < 1.29 is 0 Å². The maximum Gasteiger partial charge on any atom is 0.0521 e. The zero-order chi connectivity index (χ0) is 12.8. The summed E-state index contributed by atoms with van der Waals surface area (Å²) in [5.41, 5.74) is 1.30. The third kappa shape index (κ3) is 3.84. The standard InChI is InChI=1S/C15H27N3/c1-3-18-15(8-10-17-18)12-16-9-7-14-6-4-5-13(2)11-14/h8,10,13-14,16H,3-7,9,11-12H2,1-2H3. The summed E-state index contributed by atoms with van der Waals surface area (Å²) in [5.74, 6) is 1.91. The molecular weight excluding hydrogens is 222 g/mol. The fourth-order valence-corrected chi connectivity index (χ4v) is 3.14. The first kappa shape index (κ1) is 13.6. The molecule has 1 aliphatic rings. The van der Waals surface area contributed by atoms with Crippen LogP contribution in [0.2, 0.25) is 0 Å². The molecule has 1 fully saturated rings. The van der Waals surface area contributed by atoms with E-state index in [1.165, 1.54) is 37.8 Å². The number of nitrogens with zero attached hydrogens (tertiary/aromatic N) is 2. The Morgan fingerprint density at radius 1 is 1.44 bits per heavy atom. The number of aryl methyl sites for hydroxylation is 1. The molecule has 3 nitrogen and oxygen atoms in total. The molecule has 1 heterocycles. The summed E-state index contributed by atoms with van der Waals surface area (Å²) in [6.07, 6.45) is 9.00. The van der Waals surface area contributed by atoms with Gasteiger partial charge in [0.15, 0.2) is 0 Å². The van der Waals surface area contributed by atoms with Crippen molar-refractivity contribution in [3.8, 4) is 0 Å². The van der Waals surface area contributed by atoms with E-state index in [0.717, 1.165) is 31.5 Å². The van der Waals surface area contributed by atoms with Crippen molar-refractivity contribution >= 4 is 0 Å². The van der Waals surface area contributed by atoms with Crippen molar-refractivity contribution in [1.82, 2.24) is 15.1 Å². The molecule has 0 radical (unpaired) electrons. The van der Waals surface area contributed by atoms with Gasteiger partial charge in [0.05, 0.1) is 5.69 Å². The summed E-state index contributed by atoms with van der Waals surface area (Å²) in [7, 11) is 0. The first-order chi connectivity index (χ1) is 8.79. The zero-order valence-corrected chi connectivity index (χ0v) is 11.9. The van der Waals surface area contributed by atoms with Gasteiger partial charge >= 0.3 is 0 Å². The summed E-state index contributed by atoms with van der Waals surface area (Å²) < 4.78 is 2.07. The number of aromatic nitrogens is 2. The van der Waals surface area contributed by atoms with Crippen LogP contribution in [-0.2, 0) is 13.1 Å². The predicted octanol–water partition coefficient (Wildman–Crippen LogP) is 3.21. The molecule has 0 bridgehead atoms. The zero-order valence-electron chi connectivity index (χ0n) is 11.9. The van der Waals surface area contributed by atoms with Crippen molar-refractivity contribution in [2.75, 3.05) is 6.54 Å². The molecule has 3 heteroatoms. The largest absolute Gasteiger partial charge is 0.311 e. The van der Waals surface area contributed by atoms with Gasteiger partial charge in [-0.05, 0) is 44.2 Å². The smallest absolute Gasteiger partial charge is 0.0521 e. The topological polar surface area (TPSA) is 29.9 Å². The normalized spacial score (nSPS) is 24.3. The molecule has 2 rings (SSSR count). The lowest BCUT2D eigenvalue weighted by molar-refractivity contribution is 0.267. The van der Waals surface area contributed by atoms with E-state index in [1.54, 1.807) is 0 Å². The highest BCUT2D eigenvalue weighted by molar-refractivity contribution is 4.99. The maximum atomic E-state index is 4.29. The van der Waals surface area contributed by atoms with Crippen LogP contribution in [0.3, 0.4) is 0 Å². The molecule has 2 unspecified atom stereocenters. The monoisotopic (exact) mass is 249 g/mol. The molecule has 0 amide bonds. The molecule has 1 aromatic rings. The molecule has 0 aromatic carbocycles. The minimum atomic E-state index is 0.949. The first-order valence-electron chi connectivity index (χ1n) is 7.51. The third-order valence-electron chi connectivity index (χ3n) is 4.18. The minimum absolute atomic E-state index is 0.949. The van der Waals surface area contributed by atoms with Gasteiger partial charge in [0, 0.05) is 19.3 Å². The van der Waals surface area contributed by atoms with Crippen LogP contribution in [0.1, 0.15) is 51.6 Å². The van der Waals surface area contributed by atoms with Gasteiger partial charge < -0.3 is 5.32 Å². The Hall–Kier alpha value is -0.830. The highest BCUT2D eigenvalue weighted by Crippen LogP contribution is 2.30. The second kappa shape index (κ2) is 6.93. The van der Waals surface area contributed by atoms with Crippen molar-refractivity contribution in [1.29, 1.82) is 0 Å². The van der Waals surface area contributed by atoms with Gasteiger partial charge in [-0.2, -0.15) is 5.10 Å². The predicted molar refractivity (Wildman–Crippen MR) is 75.3 cm³/mol. The van der Waals surface area contributed by atoms with Crippen LogP contribution >= 0.6 is 0 Å². The molecule has 18 heavy (non-hydrogen) atoms.